The molecule has 3 aromatic heterocycles. The van der Waals surface area contributed by atoms with Crippen LogP contribution in [0.15, 0.2) is 48.8 Å². The first-order valence-electron chi connectivity index (χ1n) is 7.37. The van der Waals surface area contributed by atoms with Crippen molar-refractivity contribution in [1.29, 1.82) is 0 Å². The number of H-pyrrole nitrogens is 1. The normalized spacial score (nSPS) is 11.0. The van der Waals surface area contributed by atoms with E-state index < -0.39 is 0 Å². The number of aryl methyl sites for hydroxylation is 2. The fraction of sp³-hybridized carbons (Fsp3) is 0.118. The third-order valence-electron chi connectivity index (χ3n) is 3.68. The highest BCUT2D eigenvalue weighted by Gasteiger charge is 2.10. The SMILES string of the molecule is Cc1cc(Nc2cc3ccccc3c(-c3cnn(C)c3)n2)n[nH]1. The molecular formula is C17H16N6. The molecule has 4 aromatic rings. The van der Waals surface area contributed by atoms with Crippen molar-refractivity contribution in [2.45, 2.75) is 6.92 Å². The number of fused-ring (bicyclic) bond motifs is 1. The molecule has 4 rings (SSSR count). The molecule has 0 aliphatic rings. The average Bonchev–Trinajstić information content (AvgIpc) is 3.15. The fourth-order valence-corrected chi connectivity index (χ4v) is 2.64. The molecular weight excluding hydrogens is 288 g/mol. The van der Waals surface area contributed by atoms with Gasteiger partial charge in [0.2, 0.25) is 0 Å². The quantitative estimate of drug-likeness (QED) is 0.608. The van der Waals surface area contributed by atoms with Crippen LogP contribution in [0.5, 0.6) is 0 Å². The number of anilines is 2. The summed E-state index contributed by atoms with van der Waals surface area (Å²) < 4.78 is 1.78. The topological polar surface area (TPSA) is 71.4 Å². The lowest BCUT2D eigenvalue weighted by Gasteiger charge is -2.08. The minimum Gasteiger partial charge on any atom is -0.323 e. The summed E-state index contributed by atoms with van der Waals surface area (Å²) in [6.07, 6.45) is 3.80. The van der Waals surface area contributed by atoms with Crippen molar-refractivity contribution in [1.82, 2.24) is 25.0 Å². The Labute approximate surface area is 133 Å². The maximum atomic E-state index is 4.77. The molecule has 6 heteroatoms. The van der Waals surface area contributed by atoms with E-state index in [0.29, 0.717) is 0 Å². The molecule has 0 saturated heterocycles. The lowest BCUT2D eigenvalue weighted by atomic mass is 10.1. The van der Waals surface area contributed by atoms with Gasteiger partial charge in [-0.15, -0.1) is 0 Å². The Morgan fingerprint density at radius 1 is 1.13 bits per heavy atom. The molecule has 0 aliphatic heterocycles. The number of nitrogens with one attached hydrogen (secondary N) is 2. The van der Waals surface area contributed by atoms with E-state index in [1.165, 1.54) is 0 Å². The Kier molecular flexibility index (Phi) is 3.08. The second-order valence-corrected chi connectivity index (χ2v) is 5.54. The summed E-state index contributed by atoms with van der Waals surface area (Å²) in [4.78, 5) is 4.77. The Morgan fingerprint density at radius 2 is 2.00 bits per heavy atom. The van der Waals surface area contributed by atoms with E-state index in [1.807, 2.05) is 50.6 Å². The van der Waals surface area contributed by atoms with Crippen LogP contribution in [0, 0.1) is 6.92 Å². The van der Waals surface area contributed by atoms with E-state index in [-0.39, 0.29) is 0 Å². The smallest absolute Gasteiger partial charge is 0.153 e. The molecule has 1 aromatic carbocycles. The molecule has 0 unspecified atom stereocenters. The highest BCUT2D eigenvalue weighted by molar-refractivity contribution is 5.96. The van der Waals surface area contributed by atoms with Crippen molar-refractivity contribution in [3.8, 4) is 11.3 Å². The number of aromatic amines is 1. The molecule has 0 bridgehead atoms. The summed E-state index contributed by atoms with van der Waals surface area (Å²) in [5.74, 6) is 1.51. The third-order valence-corrected chi connectivity index (χ3v) is 3.68. The maximum absolute atomic E-state index is 4.77. The summed E-state index contributed by atoms with van der Waals surface area (Å²) in [6.45, 7) is 1.97. The van der Waals surface area contributed by atoms with Crippen LogP contribution in [0.3, 0.4) is 0 Å². The van der Waals surface area contributed by atoms with Gasteiger partial charge in [-0.05, 0) is 18.4 Å². The lowest BCUT2D eigenvalue weighted by Crippen LogP contribution is -1.96. The van der Waals surface area contributed by atoms with Gasteiger partial charge in [0, 0.05) is 36.0 Å². The van der Waals surface area contributed by atoms with Gasteiger partial charge in [0.25, 0.3) is 0 Å². The van der Waals surface area contributed by atoms with Crippen molar-refractivity contribution in [2.75, 3.05) is 5.32 Å². The summed E-state index contributed by atoms with van der Waals surface area (Å²) in [5.41, 5.74) is 2.90. The van der Waals surface area contributed by atoms with Gasteiger partial charge in [-0.2, -0.15) is 10.2 Å². The molecule has 0 atom stereocenters. The van der Waals surface area contributed by atoms with Gasteiger partial charge in [-0.1, -0.05) is 24.3 Å². The van der Waals surface area contributed by atoms with Crippen molar-refractivity contribution < 1.29 is 0 Å². The molecule has 3 heterocycles. The van der Waals surface area contributed by atoms with E-state index in [1.54, 1.807) is 4.68 Å². The van der Waals surface area contributed by atoms with E-state index in [2.05, 4.69) is 32.7 Å². The molecule has 0 fully saturated rings. The number of aromatic nitrogens is 5. The van der Waals surface area contributed by atoms with Crippen molar-refractivity contribution in [3.63, 3.8) is 0 Å². The van der Waals surface area contributed by atoms with Crippen LogP contribution in [-0.2, 0) is 7.05 Å². The van der Waals surface area contributed by atoms with Crippen LogP contribution in [0.4, 0.5) is 11.6 Å². The first kappa shape index (κ1) is 13.5. The lowest BCUT2D eigenvalue weighted by molar-refractivity contribution is 0.768. The molecule has 23 heavy (non-hydrogen) atoms. The third kappa shape index (κ3) is 2.55. The van der Waals surface area contributed by atoms with Crippen LogP contribution in [-0.4, -0.2) is 25.0 Å². The number of benzene rings is 1. The van der Waals surface area contributed by atoms with Gasteiger partial charge >= 0.3 is 0 Å². The Morgan fingerprint density at radius 3 is 2.74 bits per heavy atom. The van der Waals surface area contributed by atoms with Crippen LogP contribution >= 0.6 is 0 Å². The van der Waals surface area contributed by atoms with Crippen molar-refractivity contribution in [3.05, 3.63) is 54.5 Å². The van der Waals surface area contributed by atoms with Gasteiger partial charge in [-0.3, -0.25) is 9.78 Å². The predicted octanol–water partition coefficient (Wildman–Crippen LogP) is 3.41. The zero-order chi connectivity index (χ0) is 15.8. The van der Waals surface area contributed by atoms with Crippen molar-refractivity contribution >= 4 is 22.4 Å². The first-order valence-corrected chi connectivity index (χ1v) is 7.37. The van der Waals surface area contributed by atoms with Crippen LogP contribution < -0.4 is 5.32 Å². The minimum absolute atomic E-state index is 0.752. The molecule has 0 aliphatic carbocycles. The molecule has 2 N–H and O–H groups in total. The van der Waals surface area contributed by atoms with E-state index in [0.717, 1.165) is 39.4 Å². The van der Waals surface area contributed by atoms with E-state index in [4.69, 9.17) is 4.98 Å². The number of pyridine rings is 1. The van der Waals surface area contributed by atoms with Gasteiger partial charge < -0.3 is 5.32 Å². The minimum atomic E-state index is 0.752. The molecule has 114 valence electrons. The fourth-order valence-electron chi connectivity index (χ4n) is 2.64. The summed E-state index contributed by atoms with van der Waals surface area (Å²) in [5, 5.41) is 16.9. The summed E-state index contributed by atoms with van der Waals surface area (Å²) >= 11 is 0. The predicted molar refractivity (Wildman–Crippen MR) is 90.6 cm³/mol. The van der Waals surface area contributed by atoms with Crippen LogP contribution in [0.25, 0.3) is 22.0 Å². The Balaban J connectivity index is 1.86. The number of hydrogen-bond acceptors (Lipinski definition) is 4. The summed E-state index contributed by atoms with van der Waals surface area (Å²) in [7, 11) is 1.90. The van der Waals surface area contributed by atoms with Crippen LogP contribution in [0.1, 0.15) is 5.69 Å². The zero-order valence-electron chi connectivity index (χ0n) is 12.9. The van der Waals surface area contributed by atoms with Gasteiger partial charge in [0.05, 0.1) is 11.9 Å². The Hall–Kier alpha value is -3.15. The van der Waals surface area contributed by atoms with E-state index >= 15 is 0 Å². The zero-order valence-corrected chi connectivity index (χ0v) is 12.9. The van der Waals surface area contributed by atoms with Gasteiger partial charge in [-0.25, -0.2) is 4.98 Å². The second kappa shape index (κ2) is 5.24. The summed E-state index contributed by atoms with van der Waals surface area (Å²) in [6, 6.07) is 12.2. The number of rotatable bonds is 3. The molecule has 0 radical (unpaired) electrons. The van der Waals surface area contributed by atoms with E-state index in [9.17, 15) is 0 Å². The number of hydrogen-bond donors (Lipinski definition) is 2. The molecule has 6 nitrogen and oxygen atoms in total. The molecule has 0 amide bonds. The molecule has 0 spiro atoms. The maximum Gasteiger partial charge on any atom is 0.153 e. The largest absolute Gasteiger partial charge is 0.323 e. The first-order chi connectivity index (χ1) is 11.2. The van der Waals surface area contributed by atoms with Gasteiger partial charge in [0.15, 0.2) is 5.82 Å². The average molecular weight is 304 g/mol. The van der Waals surface area contributed by atoms with Crippen LogP contribution in [0.2, 0.25) is 0 Å². The van der Waals surface area contributed by atoms with Crippen molar-refractivity contribution in [2.24, 2.45) is 7.05 Å². The highest BCUT2D eigenvalue weighted by Crippen LogP contribution is 2.29. The molecule has 0 saturated carbocycles. The standard InChI is InChI=1S/C17H16N6/c1-11-7-16(22-21-11)19-15-8-12-5-3-4-6-14(12)17(20-15)13-9-18-23(2)10-13/h3-10H,1-2H3,(H2,19,20,21,22). The highest BCUT2D eigenvalue weighted by atomic mass is 15.2. The number of nitrogens with zero attached hydrogens (tertiary/aromatic N) is 4. The van der Waals surface area contributed by atoms with Gasteiger partial charge in [0.1, 0.15) is 5.82 Å². The Bertz CT molecular complexity index is 982. The monoisotopic (exact) mass is 304 g/mol. The second-order valence-electron chi connectivity index (χ2n) is 5.54.